The highest BCUT2D eigenvalue weighted by atomic mass is 17.1. The Hall–Kier alpha value is -0.670. The normalized spacial score (nSPS) is 23.6. The molecular weight excluding hydrogens is 180 g/mol. The van der Waals surface area contributed by atoms with Crippen LogP contribution in [-0.2, 0) is 9.68 Å². The minimum atomic E-state index is -0.867. The fourth-order valence-corrected chi connectivity index (χ4v) is 1.73. The van der Waals surface area contributed by atoms with Crippen LogP contribution in [0.4, 0.5) is 0 Å². The molecule has 0 aliphatic heterocycles. The number of Topliss-reactive ketones (excluding diaryl/α,β-unsaturated/α-hetero) is 1. The molecule has 0 aromatic carbocycles. The van der Waals surface area contributed by atoms with Gasteiger partial charge in [0.25, 0.3) is 0 Å². The molecule has 14 heavy (non-hydrogen) atoms. The van der Waals surface area contributed by atoms with Crippen LogP contribution in [0.1, 0.15) is 46.0 Å². The van der Waals surface area contributed by atoms with Gasteiger partial charge in [-0.2, -0.15) is 0 Å². The maximum atomic E-state index is 11.7. The molecule has 1 rings (SSSR count). The van der Waals surface area contributed by atoms with Gasteiger partial charge in [0, 0.05) is 12.0 Å². The second kappa shape index (κ2) is 4.71. The van der Waals surface area contributed by atoms with Crippen LogP contribution in [0, 0.1) is 0 Å². The summed E-state index contributed by atoms with van der Waals surface area (Å²) in [6.45, 7) is 3.41. The van der Waals surface area contributed by atoms with Crippen molar-refractivity contribution in [3.63, 3.8) is 0 Å². The maximum Gasteiger partial charge on any atom is 0.161 e. The summed E-state index contributed by atoms with van der Waals surface area (Å²) >= 11 is 0. The molecule has 0 saturated heterocycles. The highest BCUT2D eigenvalue weighted by Gasteiger charge is 2.29. The molecule has 1 aliphatic rings. The SMILES string of the molecule is CC(C)(OO)/C1=C/CCCCCC1=O. The molecule has 3 heteroatoms. The zero-order valence-corrected chi connectivity index (χ0v) is 8.88. The summed E-state index contributed by atoms with van der Waals surface area (Å²) in [6, 6.07) is 0. The van der Waals surface area contributed by atoms with Gasteiger partial charge in [0.15, 0.2) is 5.78 Å². The summed E-state index contributed by atoms with van der Waals surface area (Å²) in [5.41, 5.74) is -0.256. The quantitative estimate of drug-likeness (QED) is 0.548. The highest BCUT2D eigenvalue weighted by molar-refractivity contribution is 5.97. The maximum absolute atomic E-state index is 11.7. The third-order valence-electron chi connectivity index (χ3n) is 2.63. The molecule has 80 valence electrons. The average molecular weight is 198 g/mol. The number of carbonyl (C=O) groups is 1. The van der Waals surface area contributed by atoms with E-state index in [1.165, 1.54) is 0 Å². The third-order valence-corrected chi connectivity index (χ3v) is 2.63. The zero-order chi connectivity index (χ0) is 10.6. The molecule has 0 aromatic rings. The van der Waals surface area contributed by atoms with Gasteiger partial charge >= 0.3 is 0 Å². The van der Waals surface area contributed by atoms with Crippen LogP contribution in [0.2, 0.25) is 0 Å². The van der Waals surface area contributed by atoms with E-state index in [1.54, 1.807) is 13.8 Å². The van der Waals surface area contributed by atoms with Gasteiger partial charge in [0.1, 0.15) is 5.60 Å². The van der Waals surface area contributed by atoms with Crippen molar-refractivity contribution in [2.24, 2.45) is 0 Å². The Kier molecular flexibility index (Phi) is 3.84. The number of hydrogen-bond acceptors (Lipinski definition) is 3. The molecule has 0 heterocycles. The fourth-order valence-electron chi connectivity index (χ4n) is 1.73. The van der Waals surface area contributed by atoms with Gasteiger partial charge in [-0.15, -0.1) is 0 Å². The summed E-state index contributed by atoms with van der Waals surface area (Å²) in [5, 5.41) is 8.73. The summed E-state index contributed by atoms with van der Waals surface area (Å²) in [6.07, 6.45) is 6.52. The molecular formula is C11H18O3. The molecule has 0 radical (unpaired) electrons. The molecule has 0 aromatic heterocycles. The Labute approximate surface area is 84.7 Å². The number of allylic oxidation sites excluding steroid dienone is 1. The van der Waals surface area contributed by atoms with Crippen molar-refractivity contribution in [1.29, 1.82) is 0 Å². The Morgan fingerprint density at radius 2 is 2.07 bits per heavy atom. The number of carbonyl (C=O) groups excluding carboxylic acids is 1. The van der Waals surface area contributed by atoms with Crippen LogP contribution in [0.25, 0.3) is 0 Å². The third kappa shape index (κ3) is 2.66. The Bertz CT molecular complexity index is 241. The van der Waals surface area contributed by atoms with Crippen LogP contribution in [0.3, 0.4) is 0 Å². The van der Waals surface area contributed by atoms with E-state index in [2.05, 4.69) is 4.89 Å². The predicted molar refractivity (Wildman–Crippen MR) is 54.0 cm³/mol. The Morgan fingerprint density at radius 3 is 2.71 bits per heavy atom. The Balaban J connectivity index is 2.85. The average Bonchev–Trinajstić information content (AvgIpc) is 2.11. The molecule has 1 aliphatic carbocycles. The van der Waals surface area contributed by atoms with Gasteiger partial charge in [-0.25, -0.2) is 4.89 Å². The van der Waals surface area contributed by atoms with Crippen molar-refractivity contribution in [3.05, 3.63) is 11.6 Å². The number of rotatable bonds is 2. The molecule has 0 atom stereocenters. The first-order valence-electron chi connectivity index (χ1n) is 5.14. The monoisotopic (exact) mass is 198 g/mol. The van der Waals surface area contributed by atoms with Crippen LogP contribution in [-0.4, -0.2) is 16.6 Å². The van der Waals surface area contributed by atoms with Crippen molar-refractivity contribution < 1.29 is 14.9 Å². The van der Waals surface area contributed by atoms with Crippen LogP contribution in [0.5, 0.6) is 0 Å². The van der Waals surface area contributed by atoms with E-state index < -0.39 is 5.60 Å². The summed E-state index contributed by atoms with van der Waals surface area (Å²) < 4.78 is 0. The van der Waals surface area contributed by atoms with Gasteiger partial charge in [0.05, 0.1) is 0 Å². The van der Waals surface area contributed by atoms with Crippen molar-refractivity contribution in [3.8, 4) is 0 Å². The van der Waals surface area contributed by atoms with Gasteiger partial charge in [-0.05, 0) is 33.1 Å². The Morgan fingerprint density at radius 1 is 1.36 bits per heavy atom. The molecule has 0 unspecified atom stereocenters. The van der Waals surface area contributed by atoms with Gasteiger partial charge in [0.2, 0.25) is 0 Å². The van der Waals surface area contributed by atoms with Gasteiger partial charge in [-0.3, -0.25) is 10.1 Å². The first kappa shape index (κ1) is 11.4. The molecule has 0 saturated carbocycles. The van der Waals surface area contributed by atoms with Crippen LogP contribution >= 0.6 is 0 Å². The number of ketones is 1. The van der Waals surface area contributed by atoms with E-state index in [9.17, 15) is 4.79 Å². The van der Waals surface area contributed by atoms with E-state index in [4.69, 9.17) is 5.26 Å². The standard InChI is InChI=1S/C11H18O3/c1-11(2,14-13)9-7-5-3-4-6-8-10(9)12/h7,13H,3-6,8H2,1-2H3/b9-7+. The minimum Gasteiger partial charge on any atom is -0.294 e. The second-order valence-electron chi connectivity index (χ2n) is 4.24. The van der Waals surface area contributed by atoms with E-state index in [-0.39, 0.29) is 5.78 Å². The molecule has 0 fully saturated rings. The summed E-state index contributed by atoms with van der Waals surface area (Å²) in [5.74, 6) is 0.101. The second-order valence-corrected chi connectivity index (χ2v) is 4.24. The van der Waals surface area contributed by atoms with E-state index in [1.807, 2.05) is 6.08 Å². The minimum absolute atomic E-state index is 0.101. The van der Waals surface area contributed by atoms with Crippen LogP contribution < -0.4 is 0 Å². The van der Waals surface area contributed by atoms with Crippen molar-refractivity contribution in [2.75, 3.05) is 0 Å². The fraction of sp³-hybridized carbons (Fsp3) is 0.727. The summed E-state index contributed by atoms with van der Waals surface area (Å²) in [4.78, 5) is 16.1. The lowest BCUT2D eigenvalue weighted by molar-refractivity contribution is -0.299. The number of hydrogen-bond donors (Lipinski definition) is 1. The molecule has 0 spiro atoms. The lowest BCUT2D eigenvalue weighted by Crippen LogP contribution is -2.30. The van der Waals surface area contributed by atoms with Crippen LogP contribution in [0.15, 0.2) is 11.6 Å². The lowest BCUT2D eigenvalue weighted by Gasteiger charge is -2.24. The van der Waals surface area contributed by atoms with E-state index in [0.717, 1.165) is 25.7 Å². The largest absolute Gasteiger partial charge is 0.294 e. The van der Waals surface area contributed by atoms with E-state index in [0.29, 0.717) is 12.0 Å². The molecule has 3 nitrogen and oxygen atoms in total. The predicted octanol–water partition coefficient (Wildman–Crippen LogP) is 2.71. The zero-order valence-electron chi connectivity index (χ0n) is 8.88. The lowest BCUT2D eigenvalue weighted by atomic mass is 9.88. The molecule has 1 N–H and O–H groups in total. The molecule has 0 amide bonds. The van der Waals surface area contributed by atoms with E-state index >= 15 is 0 Å². The van der Waals surface area contributed by atoms with Gasteiger partial charge in [-0.1, -0.05) is 12.5 Å². The highest BCUT2D eigenvalue weighted by Crippen LogP contribution is 2.25. The molecule has 0 bridgehead atoms. The summed E-state index contributed by atoms with van der Waals surface area (Å²) in [7, 11) is 0. The smallest absolute Gasteiger partial charge is 0.161 e. The first-order chi connectivity index (χ1) is 6.58. The topological polar surface area (TPSA) is 46.5 Å². The van der Waals surface area contributed by atoms with Gasteiger partial charge < -0.3 is 0 Å². The first-order valence-corrected chi connectivity index (χ1v) is 5.14. The van der Waals surface area contributed by atoms with Crippen molar-refractivity contribution in [1.82, 2.24) is 0 Å². The van der Waals surface area contributed by atoms with Crippen molar-refractivity contribution >= 4 is 5.78 Å². The van der Waals surface area contributed by atoms with Crippen molar-refractivity contribution in [2.45, 2.75) is 51.6 Å².